The van der Waals surface area contributed by atoms with E-state index in [1.807, 2.05) is 24.3 Å². The molecule has 3 heteroatoms. The normalized spacial score (nSPS) is 10.3. The number of benzene rings is 1. The average Bonchev–Trinajstić information content (AvgIpc) is 2.17. The van der Waals surface area contributed by atoms with Gasteiger partial charge >= 0.3 is 93.1 Å². The van der Waals surface area contributed by atoms with E-state index in [2.05, 4.69) is 14.0 Å². The minimum absolute atomic E-state index is 0.260. The quantitative estimate of drug-likeness (QED) is 0.587. The van der Waals surface area contributed by atoms with Crippen molar-refractivity contribution in [3.05, 3.63) is 35.4 Å². The molecule has 0 saturated carbocycles. The van der Waals surface area contributed by atoms with Crippen molar-refractivity contribution in [2.75, 3.05) is 7.11 Å². The van der Waals surface area contributed by atoms with Gasteiger partial charge in [0.15, 0.2) is 0 Å². The molecule has 0 unspecified atom stereocenters. The third kappa shape index (κ3) is 3.38. The van der Waals surface area contributed by atoms with E-state index in [1.165, 1.54) is 16.8 Å². The summed E-state index contributed by atoms with van der Waals surface area (Å²) in [6, 6.07) is 7.74. The number of esters is 1. The molecule has 0 aliphatic carbocycles. The Hall–Kier alpha value is -0.427. The van der Waals surface area contributed by atoms with Gasteiger partial charge in [0.25, 0.3) is 0 Å². The SMILES string of the molecule is COC(=O)c1ccc([CH2][Bi]([CH3])[CH3])cc1. The van der Waals surface area contributed by atoms with Crippen molar-refractivity contribution in [1.82, 2.24) is 0 Å². The fourth-order valence-corrected chi connectivity index (χ4v) is 4.89. The van der Waals surface area contributed by atoms with Gasteiger partial charge in [-0.2, -0.15) is 0 Å². The van der Waals surface area contributed by atoms with Crippen molar-refractivity contribution in [3.63, 3.8) is 0 Å². The van der Waals surface area contributed by atoms with Gasteiger partial charge in [-0.15, -0.1) is 0 Å². The van der Waals surface area contributed by atoms with Crippen LogP contribution in [0, 0.1) is 0 Å². The number of ether oxygens (including phenoxy) is 1. The van der Waals surface area contributed by atoms with Crippen molar-refractivity contribution < 1.29 is 9.53 Å². The van der Waals surface area contributed by atoms with Crippen LogP contribution in [0.5, 0.6) is 0 Å². The molecular weight excluding hydrogens is 373 g/mol. The van der Waals surface area contributed by atoms with Crippen molar-refractivity contribution in [3.8, 4) is 0 Å². The summed E-state index contributed by atoms with van der Waals surface area (Å²) in [5.74, 6) is -0.260. The van der Waals surface area contributed by atoms with Crippen molar-refractivity contribution >= 4 is 27.7 Å². The van der Waals surface area contributed by atoms with Gasteiger partial charge in [0.2, 0.25) is 0 Å². The van der Waals surface area contributed by atoms with Crippen LogP contribution in [0.2, 0.25) is 9.26 Å². The monoisotopic (exact) mass is 388 g/mol. The second kappa shape index (κ2) is 5.45. The third-order valence-electron chi connectivity index (χ3n) is 1.87. The molecule has 0 heterocycles. The van der Waals surface area contributed by atoms with Crippen LogP contribution in [0.15, 0.2) is 24.3 Å². The van der Waals surface area contributed by atoms with Crippen LogP contribution in [-0.4, -0.2) is 34.8 Å². The maximum atomic E-state index is 11.1. The number of carbonyl (C=O) groups is 1. The summed E-state index contributed by atoms with van der Waals surface area (Å²) in [6.07, 6.45) is 0. The standard InChI is InChI=1S/C9H9O2.2CH3.Bi/c1-7-3-5-8(6-4-7)9(10)11-2;;;/h3-6H,1H2,2H3;2*1H3;. The Morgan fingerprint density at radius 1 is 1.29 bits per heavy atom. The summed E-state index contributed by atoms with van der Waals surface area (Å²) in [7, 11) is 1.40. The van der Waals surface area contributed by atoms with Gasteiger partial charge < -0.3 is 0 Å². The zero-order valence-electron chi connectivity index (χ0n) is 8.78. The number of hydrogen-bond acceptors (Lipinski definition) is 2. The van der Waals surface area contributed by atoms with Crippen LogP contribution in [0.25, 0.3) is 0 Å². The number of carbonyl (C=O) groups excluding carboxylic acids is 1. The Balaban J connectivity index is 2.73. The molecule has 0 N–H and O–H groups in total. The molecule has 14 heavy (non-hydrogen) atoms. The third-order valence-corrected chi connectivity index (χ3v) is 5.75. The van der Waals surface area contributed by atoms with Crippen molar-refractivity contribution in [1.29, 1.82) is 0 Å². The zero-order chi connectivity index (χ0) is 10.6. The summed E-state index contributed by atoms with van der Waals surface area (Å²) in [6.45, 7) is 0. The first-order valence-electron chi connectivity index (χ1n) is 4.45. The number of hydrogen-bond donors (Lipinski definition) is 0. The van der Waals surface area contributed by atoms with Crippen molar-refractivity contribution in [2.24, 2.45) is 0 Å². The summed E-state index contributed by atoms with van der Waals surface area (Å²) in [5, 5.41) is 0. The molecule has 0 aliphatic heterocycles. The van der Waals surface area contributed by atoms with Crippen LogP contribution in [-0.2, 0) is 8.87 Å². The van der Waals surface area contributed by atoms with Gasteiger partial charge in [-0.3, -0.25) is 0 Å². The maximum absolute atomic E-state index is 11.1. The first kappa shape index (κ1) is 11.6. The van der Waals surface area contributed by atoms with Crippen LogP contribution in [0.3, 0.4) is 0 Å². The summed E-state index contributed by atoms with van der Waals surface area (Å²) in [4.78, 5) is 11.1. The molecule has 0 bridgehead atoms. The number of rotatable bonds is 3. The molecule has 0 aliphatic rings. The molecule has 0 saturated heterocycles. The van der Waals surface area contributed by atoms with E-state index in [0.29, 0.717) is 5.56 Å². The minimum atomic E-state index is -1.12. The van der Waals surface area contributed by atoms with E-state index in [9.17, 15) is 4.79 Å². The number of methoxy groups -OCH3 is 1. The van der Waals surface area contributed by atoms with Gasteiger partial charge in [-0.1, -0.05) is 0 Å². The van der Waals surface area contributed by atoms with Gasteiger partial charge in [-0.05, 0) is 0 Å². The van der Waals surface area contributed by atoms with E-state index in [-0.39, 0.29) is 5.97 Å². The summed E-state index contributed by atoms with van der Waals surface area (Å²) >= 11 is -1.12. The van der Waals surface area contributed by atoms with Crippen LogP contribution in [0.4, 0.5) is 0 Å². The molecule has 1 aromatic carbocycles. The molecule has 0 aromatic heterocycles. The Morgan fingerprint density at radius 2 is 1.86 bits per heavy atom. The van der Waals surface area contributed by atoms with E-state index in [0.717, 1.165) is 0 Å². The summed E-state index contributed by atoms with van der Waals surface area (Å²) in [5.41, 5.74) is 1.98. The van der Waals surface area contributed by atoms with Gasteiger partial charge in [0, 0.05) is 0 Å². The van der Waals surface area contributed by atoms with Crippen molar-refractivity contribution in [2.45, 2.75) is 13.4 Å². The van der Waals surface area contributed by atoms with Crippen LogP contribution < -0.4 is 0 Å². The summed E-state index contributed by atoms with van der Waals surface area (Å²) < 4.78 is 10.6. The second-order valence-electron chi connectivity index (χ2n) is 3.43. The Labute approximate surface area is 93.0 Å². The Bertz CT molecular complexity index is 304. The zero-order valence-corrected chi connectivity index (χ0v) is 12.3. The molecule has 0 amide bonds. The molecule has 76 valence electrons. The molecule has 2 nitrogen and oxygen atoms in total. The predicted octanol–water partition coefficient (Wildman–Crippen LogP) is 2.31. The molecular formula is C11H15BiO2. The fourth-order valence-electron chi connectivity index (χ4n) is 1.23. The molecule has 0 spiro atoms. The topological polar surface area (TPSA) is 26.3 Å². The first-order chi connectivity index (χ1) is 6.63. The van der Waals surface area contributed by atoms with E-state index in [1.54, 1.807) is 0 Å². The molecule has 0 atom stereocenters. The van der Waals surface area contributed by atoms with Gasteiger partial charge in [0.1, 0.15) is 0 Å². The molecule has 0 fully saturated rings. The van der Waals surface area contributed by atoms with Gasteiger partial charge in [-0.25, -0.2) is 0 Å². The second-order valence-corrected chi connectivity index (χ2v) is 13.1. The van der Waals surface area contributed by atoms with E-state index in [4.69, 9.17) is 0 Å². The molecule has 1 aromatic rings. The predicted molar refractivity (Wildman–Crippen MR) is 59.0 cm³/mol. The van der Waals surface area contributed by atoms with E-state index >= 15 is 0 Å². The fraction of sp³-hybridized carbons (Fsp3) is 0.364. The molecule has 1 rings (SSSR count). The van der Waals surface area contributed by atoms with Crippen LogP contribution >= 0.6 is 0 Å². The molecule has 0 radical (unpaired) electrons. The average molecular weight is 388 g/mol. The Morgan fingerprint density at radius 3 is 2.29 bits per heavy atom. The Kier molecular flexibility index (Phi) is 4.54. The van der Waals surface area contributed by atoms with Gasteiger partial charge in [0.05, 0.1) is 0 Å². The van der Waals surface area contributed by atoms with E-state index < -0.39 is 21.8 Å². The van der Waals surface area contributed by atoms with Crippen LogP contribution in [0.1, 0.15) is 15.9 Å². The first-order valence-corrected chi connectivity index (χ1v) is 13.9.